The minimum absolute atomic E-state index is 0.0691. The molecule has 2 aliphatic heterocycles. The van der Waals surface area contributed by atoms with E-state index in [0.29, 0.717) is 83.1 Å². The van der Waals surface area contributed by atoms with E-state index >= 15 is 0 Å². The first-order valence-corrected chi connectivity index (χ1v) is 14.0. The summed E-state index contributed by atoms with van der Waals surface area (Å²) in [6.45, 7) is 9.49. The molecule has 1 spiro atoms. The first kappa shape index (κ1) is 30.1. The van der Waals surface area contributed by atoms with Gasteiger partial charge in [0.05, 0.1) is 28.9 Å². The second-order valence-electron chi connectivity index (χ2n) is 11.1. The molecule has 3 N–H and O–H groups in total. The normalized spacial score (nSPS) is 18.2. The highest BCUT2D eigenvalue weighted by Crippen LogP contribution is 2.44. The summed E-state index contributed by atoms with van der Waals surface area (Å²) in [5.41, 5.74) is 8.39. The lowest BCUT2D eigenvalue weighted by atomic mass is 9.79. The Kier molecular flexibility index (Phi) is 9.32. The van der Waals surface area contributed by atoms with Gasteiger partial charge in [0.15, 0.2) is 11.6 Å². The lowest BCUT2D eigenvalue weighted by Gasteiger charge is -2.49. The van der Waals surface area contributed by atoms with Crippen LogP contribution in [-0.2, 0) is 4.79 Å². The Morgan fingerprint density at radius 3 is 2.60 bits per heavy atom. The molecule has 2 aromatic rings. The van der Waals surface area contributed by atoms with E-state index in [9.17, 15) is 18.7 Å². The number of benzene rings is 1. The number of allylic oxidation sites excluding steroid dienone is 2. The van der Waals surface area contributed by atoms with Crippen LogP contribution in [0.4, 0.5) is 14.6 Å². The average Bonchev–Trinajstić information content (AvgIpc) is 3.27. The van der Waals surface area contributed by atoms with Crippen LogP contribution in [-0.4, -0.2) is 77.6 Å². The highest BCUT2D eigenvalue weighted by atomic mass is 35.5. The standard InChI is InChI=1S/C29H38ClF2N5O3/c1-5-6-20(39)13-40-21-7-8-23(30)22(11-21)27-34-26(25(18(3)33)19(4)38)17(2)28(35-27)37-15-29(16-37)9-10-36(14-29)12-24(31)32/h7-8,11,20,24,39H,5-6,9-10,12-16,33H2,1-4H3/t20-/m1/s1. The fourth-order valence-corrected chi connectivity index (χ4v) is 5.93. The van der Waals surface area contributed by atoms with Gasteiger partial charge < -0.3 is 20.5 Å². The number of nitrogens with zero attached hydrogens (tertiary/aromatic N) is 4. The number of rotatable bonds is 11. The van der Waals surface area contributed by atoms with Gasteiger partial charge in [0.2, 0.25) is 0 Å². The fourth-order valence-electron chi connectivity index (χ4n) is 5.73. The Balaban J connectivity index is 1.70. The van der Waals surface area contributed by atoms with Crippen molar-refractivity contribution in [1.82, 2.24) is 14.9 Å². The topological polar surface area (TPSA) is 105 Å². The Labute approximate surface area is 239 Å². The second-order valence-corrected chi connectivity index (χ2v) is 11.5. The van der Waals surface area contributed by atoms with E-state index in [4.69, 9.17) is 32.0 Å². The lowest BCUT2D eigenvalue weighted by Crippen LogP contribution is -2.58. The van der Waals surface area contributed by atoms with Crippen LogP contribution in [0.2, 0.25) is 5.02 Å². The number of anilines is 1. The number of aliphatic hydroxyl groups excluding tert-OH is 1. The number of likely N-dealkylation sites (tertiary alicyclic amines) is 1. The third-order valence-electron chi connectivity index (χ3n) is 7.61. The first-order chi connectivity index (χ1) is 18.9. The number of ether oxygens (including phenoxy) is 1. The van der Waals surface area contributed by atoms with Crippen LogP contribution in [0.5, 0.6) is 5.75 Å². The summed E-state index contributed by atoms with van der Waals surface area (Å²) < 4.78 is 31.7. The molecule has 2 saturated heterocycles. The lowest BCUT2D eigenvalue weighted by molar-refractivity contribution is -0.111. The maximum Gasteiger partial charge on any atom is 0.251 e. The molecule has 2 fully saturated rings. The molecule has 0 amide bonds. The SMILES string of the molecule is CCC[C@@H](O)COc1ccc(Cl)c(-c2nc(C(C(C)=O)=C(C)N)c(C)c(N3CC4(CCN(CC(F)F)C4)C3)n2)c1. The minimum Gasteiger partial charge on any atom is -0.491 e. The Bertz CT molecular complexity index is 1280. The van der Waals surface area contributed by atoms with Gasteiger partial charge >= 0.3 is 0 Å². The van der Waals surface area contributed by atoms with Gasteiger partial charge in [-0.15, -0.1) is 0 Å². The molecule has 2 aliphatic rings. The van der Waals surface area contributed by atoms with E-state index < -0.39 is 12.5 Å². The molecule has 11 heteroatoms. The number of ketones is 1. The largest absolute Gasteiger partial charge is 0.491 e. The van der Waals surface area contributed by atoms with Gasteiger partial charge in [0, 0.05) is 41.9 Å². The number of carbonyl (C=O) groups is 1. The molecule has 3 heterocycles. The molecule has 0 bridgehead atoms. The number of hydrogen-bond donors (Lipinski definition) is 2. The summed E-state index contributed by atoms with van der Waals surface area (Å²) in [4.78, 5) is 26.2. The number of halogens is 3. The van der Waals surface area contributed by atoms with E-state index in [1.807, 2.05) is 18.7 Å². The van der Waals surface area contributed by atoms with Crippen LogP contribution in [0.3, 0.4) is 0 Å². The van der Waals surface area contributed by atoms with Crippen LogP contribution in [0, 0.1) is 12.3 Å². The van der Waals surface area contributed by atoms with Gasteiger partial charge in [-0.25, -0.2) is 18.7 Å². The highest BCUT2D eigenvalue weighted by Gasteiger charge is 2.49. The van der Waals surface area contributed by atoms with Gasteiger partial charge in [0.1, 0.15) is 18.2 Å². The van der Waals surface area contributed by atoms with E-state index in [1.165, 1.54) is 6.92 Å². The molecule has 1 atom stereocenters. The molecule has 0 aliphatic carbocycles. The average molecular weight is 578 g/mol. The van der Waals surface area contributed by atoms with E-state index in [1.54, 1.807) is 25.1 Å². The van der Waals surface area contributed by atoms with E-state index in [2.05, 4.69) is 4.90 Å². The smallest absolute Gasteiger partial charge is 0.251 e. The number of carbonyl (C=O) groups excluding carboxylic acids is 1. The second kappa shape index (κ2) is 12.4. The third kappa shape index (κ3) is 6.56. The van der Waals surface area contributed by atoms with Gasteiger partial charge in [0.25, 0.3) is 6.43 Å². The zero-order chi connectivity index (χ0) is 29.2. The minimum atomic E-state index is -2.35. The Hall–Kier alpha value is -2.82. The van der Waals surface area contributed by atoms with Crippen molar-refractivity contribution < 1.29 is 23.4 Å². The van der Waals surface area contributed by atoms with Crippen molar-refractivity contribution >= 4 is 28.8 Å². The zero-order valence-electron chi connectivity index (χ0n) is 23.5. The van der Waals surface area contributed by atoms with Crippen molar-refractivity contribution in [2.45, 2.75) is 59.5 Å². The summed E-state index contributed by atoms with van der Waals surface area (Å²) in [6, 6.07) is 5.13. The van der Waals surface area contributed by atoms with Crippen molar-refractivity contribution in [3.8, 4) is 17.1 Å². The molecule has 0 unspecified atom stereocenters. The van der Waals surface area contributed by atoms with Gasteiger partial charge in [-0.2, -0.15) is 0 Å². The Morgan fingerprint density at radius 1 is 1.25 bits per heavy atom. The molecule has 4 rings (SSSR count). The summed E-state index contributed by atoms with van der Waals surface area (Å²) in [5, 5.41) is 10.5. The summed E-state index contributed by atoms with van der Waals surface area (Å²) in [5.74, 6) is 1.25. The molecule has 1 aromatic heterocycles. The van der Waals surface area contributed by atoms with Crippen molar-refractivity contribution in [2.75, 3.05) is 44.2 Å². The molecule has 0 saturated carbocycles. The molecule has 1 aromatic carbocycles. The first-order valence-electron chi connectivity index (χ1n) is 13.7. The van der Waals surface area contributed by atoms with Crippen LogP contribution in [0.15, 0.2) is 23.9 Å². The summed E-state index contributed by atoms with van der Waals surface area (Å²) in [7, 11) is 0. The zero-order valence-corrected chi connectivity index (χ0v) is 24.3. The third-order valence-corrected chi connectivity index (χ3v) is 7.94. The maximum atomic E-state index is 13.0. The van der Waals surface area contributed by atoms with Gasteiger partial charge in [-0.1, -0.05) is 24.9 Å². The highest BCUT2D eigenvalue weighted by molar-refractivity contribution is 6.33. The van der Waals surface area contributed by atoms with E-state index in [0.717, 1.165) is 12.8 Å². The monoisotopic (exact) mass is 577 g/mol. The van der Waals surface area contributed by atoms with Gasteiger partial charge in [-0.05, 0) is 58.4 Å². The summed E-state index contributed by atoms with van der Waals surface area (Å²) >= 11 is 6.61. The number of aromatic nitrogens is 2. The van der Waals surface area contributed by atoms with Crippen LogP contribution >= 0.6 is 11.6 Å². The number of hydrogen-bond acceptors (Lipinski definition) is 8. The van der Waals surface area contributed by atoms with E-state index in [-0.39, 0.29) is 24.3 Å². The number of nitrogens with two attached hydrogens (primary N) is 1. The van der Waals surface area contributed by atoms with Crippen molar-refractivity contribution in [2.24, 2.45) is 11.1 Å². The molecular weight excluding hydrogens is 540 g/mol. The number of alkyl halides is 2. The predicted octanol–water partition coefficient (Wildman–Crippen LogP) is 4.70. The number of aliphatic hydroxyl groups is 1. The Morgan fingerprint density at radius 2 is 1.98 bits per heavy atom. The molecule has 8 nitrogen and oxygen atoms in total. The predicted molar refractivity (Wildman–Crippen MR) is 153 cm³/mol. The van der Waals surface area contributed by atoms with Crippen LogP contribution in [0.1, 0.15) is 51.3 Å². The quantitative estimate of drug-likeness (QED) is 0.370. The van der Waals surface area contributed by atoms with Crippen molar-refractivity contribution in [3.05, 3.63) is 40.2 Å². The van der Waals surface area contributed by atoms with Crippen molar-refractivity contribution in [3.63, 3.8) is 0 Å². The molecule has 0 radical (unpaired) electrons. The molecular formula is C29H38ClF2N5O3. The van der Waals surface area contributed by atoms with Gasteiger partial charge in [-0.3, -0.25) is 9.69 Å². The van der Waals surface area contributed by atoms with Crippen molar-refractivity contribution in [1.29, 1.82) is 0 Å². The fraction of sp³-hybridized carbons (Fsp3) is 0.552. The van der Waals surface area contributed by atoms with Crippen LogP contribution < -0.4 is 15.4 Å². The van der Waals surface area contributed by atoms with Crippen LogP contribution in [0.25, 0.3) is 17.0 Å². The summed E-state index contributed by atoms with van der Waals surface area (Å²) in [6.07, 6.45) is -0.621. The molecule has 218 valence electrons. The number of Topliss-reactive ketones (excluding diaryl/α,β-unsaturated/α-hetero) is 1. The maximum absolute atomic E-state index is 13.0. The molecule has 40 heavy (non-hydrogen) atoms.